The maximum absolute atomic E-state index is 5.74. The van der Waals surface area contributed by atoms with E-state index >= 15 is 0 Å². The van der Waals surface area contributed by atoms with Crippen molar-refractivity contribution in [1.82, 2.24) is 14.6 Å². The Bertz CT molecular complexity index is 653. The van der Waals surface area contributed by atoms with Crippen LogP contribution in [0.3, 0.4) is 0 Å². The lowest BCUT2D eigenvalue weighted by Gasteiger charge is -1.99. The first-order valence-electron chi connectivity index (χ1n) is 4.90. The third kappa shape index (κ3) is 1.18. The highest BCUT2D eigenvalue weighted by Gasteiger charge is 2.12. The first-order valence-corrected chi connectivity index (χ1v) is 4.90. The van der Waals surface area contributed by atoms with Crippen LogP contribution in [0.2, 0.25) is 0 Å². The molecule has 3 aromatic rings. The number of nitrogens with two attached hydrogens (primary N) is 1. The standard InChI is InChI=1S/C11H10N4O/c1-7-9(4-5-16-7)11-14-13-10-3-2-8(12)6-15(10)11/h2-6H,12H2,1H3. The average molecular weight is 214 g/mol. The largest absolute Gasteiger partial charge is 0.469 e. The molecule has 3 aromatic heterocycles. The number of nitrogens with zero attached hydrogens (tertiary/aromatic N) is 3. The number of anilines is 1. The molecular weight excluding hydrogens is 204 g/mol. The number of furan rings is 1. The molecule has 0 unspecified atom stereocenters. The summed E-state index contributed by atoms with van der Waals surface area (Å²) < 4.78 is 7.11. The number of pyridine rings is 1. The van der Waals surface area contributed by atoms with Crippen LogP contribution in [0.15, 0.2) is 35.1 Å². The summed E-state index contributed by atoms with van der Waals surface area (Å²) in [5, 5.41) is 8.21. The number of hydrogen-bond acceptors (Lipinski definition) is 4. The van der Waals surface area contributed by atoms with Gasteiger partial charge in [0.15, 0.2) is 11.5 Å². The van der Waals surface area contributed by atoms with Gasteiger partial charge in [-0.05, 0) is 25.1 Å². The van der Waals surface area contributed by atoms with Crippen molar-refractivity contribution in [2.24, 2.45) is 0 Å². The van der Waals surface area contributed by atoms with Gasteiger partial charge in [-0.2, -0.15) is 0 Å². The molecule has 3 rings (SSSR count). The predicted octanol–water partition coefficient (Wildman–Crippen LogP) is 1.88. The summed E-state index contributed by atoms with van der Waals surface area (Å²) >= 11 is 0. The summed E-state index contributed by atoms with van der Waals surface area (Å²) in [6.07, 6.45) is 3.44. The third-order valence-electron chi connectivity index (χ3n) is 2.52. The summed E-state index contributed by atoms with van der Waals surface area (Å²) in [5.41, 5.74) is 8.12. The number of hydrogen-bond donors (Lipinski definition) is 1. The Morgan fingerprint density at radius 3 is 2.88 bits per heavy atom. The summed E-state index contributed by atoms with van der Waals surface area (Å²) in [5.74, 6) is 1.56. The van der Waals surface area contributed by atoms with E-state index in [0.717, 1.165) is 22.8 Å². The normalized spacial score (nSPS) is 11.1. The molecule has 0 fully saturated rings. The molecule has 0 saturated heterocycles. The lowest BCUT2D eigenvalue weighted by molar-refractivity contribution is 0.535. The fourth-order valence-electron chi connectivity index (χ4n) is 1.71. The first kappa shape index (κ1) is 8.96. The van der Waals surface area contributed by atoms with E-state index in [1.807, 2.05) is 23.5 Å². The van der Waals surface area contributed by atoms with Crippen molar-refractivity contribution in [3.63, 3.8) is 0 Å². The fraction of sp³-hybridized carbons (Fsp3) is 0.0909. The summed E-state index contributed by atoms with van der Waals surface area (Å²) in [4.78, 5) is 0. The summed E-state index contributed by atoms with van der Waals surface area (Å²) in [6, 6.07) is 5.51. The lowest BCUT2D eigenvalue weighted by atomic mass is 10.2. The van der Waals surface area contributed by atoms with E-state index in [1.165, 1.54) is 0 Å². The van der Waals surface area contributed by atoms with Crippen LogP contribution in [0.5, 0.6) is 0 Å². The molecule has 5 heteroatoms. The first-order chi connectivity index (χ1) is 7.75. The second kappa shape index (κ2) is 3.10. The predicted molar refractivity (Wildman–Crippen MR) is 59.8 cm³/mol. The van der Waals surface area contributed by atoms with Crippen LogP contribution in [-0.2, 0) is 0 Å². The van der Waals surface area contributed by atoms with Gasteiger partial charge in [0.1, 0.15) is 5.76 Å². The molecule has 0 atom stereocenters. The maximum atomic E-state index is 5.74. The Morgan fingerprint density at radius 1 is 1.25 bits per heavy atom. The SMILES string of the molecule is Cc1occc1-c1nnc2ccc(N)cn12. The molecule has 0 aromatic carbocycles. The molecule has 0 radical (unpaired) electrons. The van der Waals surface area contributed by atoms with Crippen LogP contribution in [0, 0.1) is 6.92 Å². The van der Waals surface area contributed by atoms with Gasteiger partial charge in [-0.1, -0.05) is 0 Å². The van der Waals surface area contributed by atoms with E-state index in [-0.39, 0.29) is 0 Å². The molecule has 3 heterocycles. The Kier molecular flexibility index (Phi) is 1.73. The third-order valence-corrected chi connectivity index (χ3v) is 2.52. The molecule has 0 amide bonds. The average Bonchev–Trinajstić information content (AvgIpc) is 2.83. The van der Waals surface area contributed by atoms with Gasteiger partial charge in [0.2, 0.25) is 0 Å². The van der Waals surface area contributed by atoms with Crippen LogP contribution in [-0.4, -0.2) is 14.6 Å². The van der Waals surface area contributed by atoms with Gasteiger partial charge in [0.05, 0.1) is 11.8 Å². The van der Waals surface area contributed by atoms with Crippen LogP contribution in [0.4, 0.5) is 5.69 Å². The Morgan fingerprint density at radius 2 is 2.12 bits per heavy atom. The van der Waals surface area contributed by atoms with Gasteiger partial charge in [0.25, 0.3) is 0 Å². The van der Waals surface area contributed by atoms with Gasteiger partial charge in [-0.15, -0.1) is 10.2 Å². The van der Waals surface area contributed by atoms with E-state index in [4.69, 9.17) is 10.2 Å². The van der Waals surface area contributed by atoms with E-state index in [1.54, 1.807) is 18.5 Å². The molecular formula is C11H10N4O. The van der Waals surface area contributed by atoms with Gasteiger partial charge >= 0.3 is 0 Å². The van der Waals surface area contributed by atoms with Crippen LogP contribution >= 0.6 is 0 Å². The number of aromatic nitrogens is 3. The van der Waals surface area contributed by atoms with Crippen molar-refractivity contribution < 1.29 is 4.42 Å². The molecule has 0 aliphatic carbocycles. The number of nitrogen functional groups attached to an aromatic ring is 1. The highest BCUT2D eigenvalue weighted by Crippen LogP contribution is 2.23. The Labute approximate surface area is 91.5 Å². The molecule has 0 aliphatic heterocycles. The molecule has 80 valence electrons. The summed E-state index contributed by atoms with van der Waals surface area (Å²) in [7, 11) is 0. The van der Waals surface area contributed by atoms with Gasteiger partial charge in [-0.25, -0.2) is 0 Å². The number of fused-ring (bicyclic) bond motifs is 1. The van der Waals surface area contributed by atoms with Crippen molar-refractivity contribution in [1.29, 1.82) is 0 Å². The highest BCUT2D eigenvalue weighted by atomic mass is 16.3. The molecule has 0 aliphatic rings. The van der Waals surface area contributed by atoms with Gasteiger partial charge in [0, 0.05) is 11.9 Å². The second-order valence-electron chi connectivity index (χ2n) is 3.60. The Hall–Kier alpha value is -2.30. The van der Waals surface area contributed by atoms with Crippen molar-refractivity contribution in [2.75, 3.05) is 5.73 Å². The molecule has 5 nitrogen and oxygen atoms in total. The minimum Gasteiger partial charge on any atom is -0.469 e. The van der Waals surface area contributed by atoms with E-state index in [9.17, 15) is 0 Å². The van der Waals surface area contributed by atoms with E-state index < -0.39 is 0 Å². The number of aryl methyl sites for hydroxylation is 1. The van der Waals surface area contributed by atoms with E-state index in [2.05, 4.69) is 10.2 Å². The minimum absolute atomic E-state index is 0.676. The monoisotopic (exact) mass is 214 g/mol. The molecule has 16 heavy (non-hydrogen) atoms. The lowest BCUT2D eigenvalue weighted by Crippen LogP contribution is -1.92. The topological polar surface area (TPSA) is 69.3 Å². The number of rotatable bonds is 1. The molecule has 2 N–H and O–H groups in total. The minimum atomic E-state index is 0.676. The zero-order valence-corrected chi connectivity index (χ0v) is 8.71. The van der Waals surface area contributed by atoms with Crippen molar-refractivity contribution >= 4 is 11.3 Å². The van der Waals surface area contributed by atoms with Crippen LogP contribution in [0.25, 0.3) is 17.0 Å². The van der Waals surface area contributed by atoms with E-state index in [0.29, 0.717) is 5.69 Å². The molecule has 0 spiro atoms. The highest BCUT2D eigenvalue weighted by molar-refractivity contribution is 5.62. The molecule has 0 saturated carbocycles. The maximum Gasteiger partial charge on any atom is 0.171 e. The Balaban J connectivity index is 2.32. The van der Waals surface area contributed by atoms with Crippen molar-refractivity contribution in [3.8, 4) is 11.4 Å². The zero-order chi connectivity index (χ0) is 11.1. The smallest absolute Gasteiger partial charge is 0.171 e. The van der Waals surface area contributed by atoms with Crippen molar-refractivity contribution in [2.45, 2.75) is 6.92 Å². The van der Waals surface area contributed by atoms with Gasteiger partial charge < -0.3 is 10.2 Å². The van der Waals surface area contributed by atoms with Crippen LogP contribution in [0.1, 0.15) is 5.76 Å². The quantitative estimate of drug-likeness (QED) is 0.671. The molecule has 0 bridgehead atoms. The summed E-state index contributed by atoms with van der Waals surface area (Å²) in [6.45, 7) is 1.89. The zero-order valence-electron chi connectivity index (χ0n) is 8.71. The van der Waals surface area contributed by atoms with Gasteiger partial charge in [-0.3, -0.25) is 4.40 Å². The van der Waals surface area contributed by atoms with Crippen molar-refractivity contribution in [3.05, 3.63) is 36.4 Å². The second-order valence-corrected chi connectivity index (χ2v) is 3.60. The van der Waals surface area contributed by atoms with Crippen LogP contribution < -0.4 is 5.73 Å². The fourth-order valence-corrected chi connectivity index (χ4v) is 1.71.